The molecule has 0 N–H and O–H groups in total. The second-order valence-electron chi connectivity index (χ2n) is 6.14. The normalized spacial score (nSPS) is 11.0. The molecule has 1 aromatic rings. The Morgan fingerprint density at radius 3 is 2.26 bits per heavy atom. The van der Waals surface area contributed by atoms with Crippen molar-refractivity contribution < 1.29 is 47.7 Å². The van der Waals surface area contributed by atoms with Crippen LogP contribution in [0.1, 0.15) is 20.3 Å². The van der Waals surface area contributed by atoms with E-state index in [1.165, 1.54) is 6.92 Å². The highest BCUT2D eigenvalue weighted by atomic mass is 16.7. The number of Topliss-reactive ketones (excluding diaryl/α,β-unsaturated/α-hetero) is 1. The first-order valence-electron chi connectivity index (χ1n) is 9.14. The summed E-state index contributed by atoms with van der Waals surface area (Å²) in [5, 5.41) is 0. The minimum atomic E-state index is -1.18. The van der Waals surface area contributed by atoms with Crippen LogP contribution in [0.2, 0.25) is 0 Å². The van der Waals surface area contributed by atoms with Crippen LogP contribution in [0.5, 0.6) is 0 Å². The van der Waals surface area contributed by atoms with E-state index in [1.807, 2.05) is 0 Å². The zero-order valence-electron chi connectivity index (χ0n) is 17.2. The molecule has 1 aromatic heterocycles. The molecule has 1 unspecified atom stereocenters. The van der Waals surface area contributed by atoms with E-state index in [4.69, 9.17) is 18.9 Å². The number of aryl methyl sites for hydroxylation is 1. The highest BCUT2D eigenvalue weighted by Crippen LogP contribution is 2.03. The van der Waals surface area contributed by atoms with Gasteiger partial charge in [-0.15, -0.1) is 0 Å². The highest BCUT2D eigenvalue weighted by molar-refractivity contribution is 6.32. The molecule has 1 atom stereocenters. The highest BCUT2D eigenvalue weighted by Gasteiger charge is 2.21. The van der Waals surface area contributed by atoms with Gasteiger partial charge in [0.25, 0.3) is 0 Å². The van der Waals surface area contributed by atoms with E-state index >= 15 is 0 Å². The molecule has 0 aliphatic rings. The van der Waals surface area contributed by atoms with E-state index in [-0.39, 0.29) is 31.8 Å². The third kappa shape index (κ3) is 11.2. The van der Waals surface area contributed by atoms with Gasteiger partial charge in [-0.05, 0) is 6.92 Å². The maximum atomic E-state index is 11.9. The lowest BCUT2D eigenvalue weighted by Gasteiger charge is -2.18. The van der Waals surface area contributed by atoms with Gasteiger partial charge >= 0.3 is 24.1 Å². The number of ether oxygens (including phenoxy) is 5. The van der Waals surface area contributed by atoms with Gasteiger partial charge < -0.3 is 28.3 Å². The Balaban J connectivity index is 2.45. The fourth-order valence-corrected chi connectivity index (χ4v) is 1.84. The summed E-state index contributed by atoms with van der Waals surface area (Å²) in [6.07, 6.45) is 2.51. The summed E-state index contributed by atoms with van der Waals surface area (Å²) in [6, 6.07) is 0. The number of hydrogen-bond acceptors (Lipinski definition) is 11. The molecule has 1 heterocycles. The lowest BCUT2D eigenvalue weighted by molar-refractivity contribution is -0.154. The van der Waals surface area contributed by atoms with Gasteiger partial charge in [0.15, 0.2) is 6.10 Å². The number of imidazole rings is 1. The Morgan fingerprint density at radius 2 is 1.65 bits per heavy atom. The molecule has 0 bridgehead atoms. The van der Waals surface area contributed by atoms with Crippen LogP contribution in [0.4, 0.5) is 4.79 Å². The first-order chi connectivity index (χ1) is 14.7. The number of hydrogen-bond donors (Lipinski definition) is 0. The fraction of sp³-hybridized carbons (Fsp3) is 0.474. The molecule has 0 spiro atoms. The summed E-state index contributed by atoms with van der Waals surface area (Å²) in [7, 11) is 0. The smallest absolute Gasteiger partial charge is 0.462 e. The zero-order valence-corrected chi connectivity index (χ0v) is 17.2. The molecule has 12 heteroatoms. The van der Waals surface area contributed by atoms with Gasteiger partial charge in [0, 0.05) is 31.4 Å². The number of rotatable bonds is 13. The Hall–Kier alpha value is -3.70. The minimum Gasteiger partial charge on any atom is -0.462 e. The lowest BCUT2D eigenvalue weighted by Crippen LogP contribution is -2.31. The van der Waals surface area contributed by atoms with Crippen LogP contribution in [0.25, 0.3) is 0 Å². The number of aromatic nitrogens is 2. The fourth-order valence-electron chi connectivity index (χ4n) is 1.84. The number of carbonyl (C=O) groups excluding carboxylic acids is 5. The van der Waals surface area contributed by atoms with Gasteiger partial charge in [-0.3, -0.25) is 9.59 Å². The SMILES string of the molecule is C=C(C)C(=O)OCC(COC(=O)CCn1ccnc1)OC(=O)OCCOC(=O)C(C)=O. The van der Waals surface area contributed by atoms with Crippen molar-refractivity contribution in [1.29, 1.82) is 0 Å². The molecule has 12 nitrogen and oxygen atoms in total. The molecule has 0 aromatic carbocycles. The molecule has 1 rings (SSSR count). The Kier molecular flexibility index (Phi) is 11.0. The number of ketones is 1. The van der Waals surface area contributed by atoms with Gasteiger partial charge in [0.1, 0.15) is 26.4 Å². The lowest BCUT2D eigenvalue weighted by atomic mass is 10.3. The number of carbonyl (C=O) groups is 5. The number of nitrogens with zero attached hydrogens (tertiary/aromatic N) is 2. The Morgan fingerprint density at radius 1 is 0.968 bits per heavy atom. The molecular weight excluding hydrogens is 416 g/mol. The summed E-state index contributed by atoms with van der Waals surface area (Å²) in [5.74, 6) is -3.15. The van der Waals surface area contributed by atoms with Crippen LogP contribution in [-0.4, -0.2) is 71.9 Å². The topological polar surface area (TPSA) is 149 Å². The van der Waals surface area contributed by atoms with E-state index in [2.05, 4.69) is 16.3 Å². The summed E-state index contributed by atoms with van der Waals surface area (Å²) >= 11 is 0. The van der Waals surface area contributed by atoms with E-state index in [1.54, 1.807) is 23.3 Å². The van der Waals surface area contributed by atoms with Crippen molar-refractivity contribution in [2.75, 3.05) is 26.4 Å². The second-order valence-corrected chi connectivity index (χ2v) is 6.14. The van der Waals surface area contributed by atoms with E-state index in [9.17, 15) is 24.0 Å². The maximum absolute atomic E-state index is 11.9. The van der Waals surface area contributed by atoms with Crippen molar-refractivity contribution in [3.05, 3.63) is 30.9 Å². The molecule has 0 aliphatic carbocycles. The van der Waals surface area contributed by atoms with Crippen molar-refractivity contribution in [3.63, 3.8) is 0 Å². The third-order valence-electron chi connectivity index (χ3n) is 3.40. The van der Waals surface area contributed by atoms with E-state index in [0.29, 0.717) is 6.54 Å². The molecule has 31 heavy (non-hydrogen) atoms. The molecule has 0 saturated heterocycles. The average Bonchev–Trinajstić information content (AvgIpc) is 3.24. The van der Waals surface area contributed by atoms with Crippen molar-refractivity contribution in [2.24, 2.45) is 0 Å². The third-order valence-corrected chi connectivity index (χ3v) is 3.40. The second kappa shape index (κ2) is 13.5. The Bertz CT molecular complexity index is 788. The van der Waals surface area contributed by atoms with Crippen molar-refractivity contribution in [1.82, 2.24) is 9.55 Å². The number of esters is 3. The van der Waals surface area contributed by atoms with Crippen LogP contribution in [-0.2, 0) is 49.4 Å². The average molecular weight is 440 g/mol. The van der Waals surface area contributed by atoms with Crippen molar-refractivity contribution in [3.8, 4) is 0 Å². The van der Waals surface area contributed by atoms with Crippen LogP contribution >= 0.6 is 0 Å². The summed E-state index contributed by atoms with van der Waals surface area (Å²) in [5.41, 5.74) is 0.131. The largest absolute Gasteiger partial charge is 0.508 e. The molecule has 0 fully saturated rings. The van der Waals surface area contributed by atoms with Crippen LogP contribution in [0.15, 0.2) is 30.9 Å². The van der Waals surface area contributed by atoms with Gasteiger partial charge in [-0.25, -0.2) is 19.4 Å². The van der Waals surface area contributed by atoms with Crippen molar-refractivity contribution in [2.45, 2.75) is 32.9 Å². The minimum absolute atomic E-state index is 0.0423. The van der Waals surface area contributed by atoms with E-state index < -0.39 is 42.6 Å². The van der Waals surface area contributed by atoms with Gasteiger partial charge in [0.2, 0.25) is 5.78 Å². The first kappa shape index (κ1) is 25.3. The summed E-state index contributed by atoms with van der Waals surface area (Å²) in [4.78, 5) is 60.8. The quantitative estimate of drug-likeness (QED) is 0.139. The molecule has 170 valence electrons. The van der Waals surface area contributed by atoms with Crippen LogP contribution in [0, 0.1) is 0 Å². The summed E-state index contributed by atoms with van der Waals surface area (Å²) in [6.45, 7) is 4.71. The molecule has 0 amide bonds. The Labute approximate surface area is 178 Å². The van der Waals surface area contributed by atoms with E-state index in [0.717, 1.165) is 6.92 Å². The van der Waals surface area contributed by atoms with Gasteiger partial charge in [-0.2, -0.15) is 0 Å². The van der Waals surface area contributed by atoms with Gasteiger partial charge in [-0.1, -0.05) is 6.58 Å². The maximum Gasteiger partial charge on any atom is 0.508 e. The van der Waals surface area contributed by atoms with Gasteiger partial charge in [0.05, 0.1) is 12.7 Å². The molecular formula is C19H24N2O10. The predicted octanol–water partition coefficient (Wildman–Crippen LogP) is 0.590. The van der Waals surface area contributed by atoms with Crippen LogP contribution in [0.3, 0.4) is 0 Å². The zero-order chi connectivity index (χ0) is 23.2. The predicted molar refractivity (Wildman–Crippen MR) is 101 cm³/mol. The molecule has 0 saturated carbocycles. The standard InChI is InChI=1S/C19H24N2O10/c1-13(2)17(24)30-11-15(10-29-16(23)4-6-21-7-5-20-12-21)31-19(26)28-9-8-27-18(25)14(3)22/h5,7,12,15H,1,4,6,8-11H2,2-3H3. The molecule has 0 radical (unpaired) electrons. The summed E-state index contributed by atoms with van der Waals surface area (Å²) < 4.78 is 25.8. The van der Waals surface area contributed by atoms with Crippen molar-refractivity contribution >= 4 is 29.8 Å². The monoisotopic (exact) mass is 440 g/mol. The van der Waals surface area contributed by atoms with Crippen LogP contribution < -0.4 is 0 Å². The molecule has 0 aliphatic heterocycles. The first-order valence-corrected chi connectivity index (χ1v) is 9.14.